The molecule has 2 aliphatic heterocycles. The van der Waals surface area contributed by atoms with E-state index >= 15 is 0 Å². The normalized spacial score (nSPS) is 25.0. The van der Waals surface area contributed by atoms with Gasteiger partial charge in [0, 0.05) is 56.8 Å². The molecule has 0 spiro atoms. The molecule has 11 nitrogen and oxygen atoms in total. The van der Waals surface area contributed by atoms with Crippen molar-refractivity contribution < 1.29 is 18.1 Å². The maximum atomic E-state index is 13.0. The molecule has 2 aromatic rings. The van der Waals surface area contributed by atoms with Gasteiger partial charge in [0.2, 0.25) is 0 Å². The van der Waals surface area contributed by atoms with Crippen LogP contribution in [0.2, 0.25) is 0 Å². The summed E-state index contributed by atoms with van der Waals surface area (Å²) in [6.45, 7) is 6.85. The molecule has 0 bridgehead atoms. The number of aromatic nitrogens is 2. The Hall–Kier alpha value is -2.12. The molecule has 12 heteroatoms. The van der Waals surface area contributed by atoms with E-state index in [9.17, 15) is 18.5 Å². The van der Waals surface area contributed by atoms with Gasteiger partial charge in [0.25, 0.3) is 15.9 Å². The van der Waals surface area contributed by atoms with Crippen LogP contribution in [0.4, 0.5) is 5.69 Å². The average Bonchev–Trinajstić information content (AvgIpc) is 3.09. The Balaban J connectivity index is 1.41. The van der Waals surface area contributed by atoms with Crippen LogP contribution in [0.15, 0.2) is 24.4 Å². The van der Waals surface area contributed by atoms with Gasteiger partial charge in [-0.25, -0.2) is 0 Å². The molecule has 2 unspecified atom stereocenters. The van der Waals surface area contributed by atoms with Crippen LogP contribution >= 0.6 is 0 Å². The smallest absolute Gasteiger partial charge is 0.282 e. The largest absolute Gasteiger partial charge is 0.373 e. The zero-order valence-electron chi connectivity index (χ0n) is 17.0. The summed E-state index contributed by atoms with van der Waals surface area (Å²) in [5, 5.41) is 16.2. The second-order valence-corrected chi connectivity index (χ2v) is 9.81. The zero-order chi connectivity index (χ0) is 21.5. The highest BCUT2D eigenvalue weighted by Crippen LogP contribution is 2.22. The first kappa shape index (κ1) is 21.1. The van der Waals surface area contributed by atoms with E-state index in [4.69, 9.17) is 4.74 Å². The lowest BCUT2D eigenvalue weighted by Gasteiger charge is -2.40. The van der Waals surface area contributed by atoms with Crippen LogP contribution in [0, 0.1) is 10.1 Å². The minimum absolute atomic E-state index is 0.0223. The minimum atomic E-state index is -3.52. The third-order valence-corrected chi connectivity index (χ3v) is 7.51. The third-order valence-electron chi connectivity index (χ3n) is 5.54. The molecule has 164 valence electrons. The van der Waals surface area contributed by atoms with Gasteiger partial charge in [-0.05, 0) is 19.9 Å². The Morgan fingerprint density at radius 2 is 1.80 bits per heavy atom. The van der Waals surface area contributed by atoms with Crippen LogP contribution in [0.3, 0.4) is 0 Å². The summed E-state index contributed by atoms with van der Waals surface area (Å²) in [5.74, 6) is 0. The van der Waals surface area contributed by atoms with Crippen LogP contribution in [0.1, 0.15) is 13.8 Å². The van der Waals surface area contributed by atoms with Crippen molar-refractivity contribution in [2.45, 2.75) is 32.7 Å². The van der Waals surface area contributed by atoms with Crippen LogP contribution in [0.25, 0.3) is 10.9 Å². The van der Waals surface area contributed by atoms with E-state index in [1.54, 1.807) is 16.9 Å². The predicted octanol–water partition coefficient (Wildman–Crippen LogP) is 0.874. The predicted molar refractivity (Wildman–Crippen MR) is 110 cm³/mol. The molecular formula is C18H26N6O5S. The summed E-state index contributed by atoms with van der Waals surface area (Å²) >= 11 is 0. The number of benzene rings is 1. The summed E-state index contributed by atoms with van der Waals surface area (Å²) in [6.07, 6.45) is 1.43. The van der Waals surface area contributed by atoms with Crippen molar-refractivity contribution in [3.63, 3.8) is 0 Å². The Kier molecular flexibility index (Phi) is 5.77. The molecule has 0 amide bonds. The molecule has 1 aromatic heterocycles. The van der Waals surface area contributed by atoms with Gasteiger partial charge in [-0.1, -0.05) is 0 Å². The fourth-order valence-electron chi connectivity index (χ4n) is 4.06. The number of morpholine rings is 1. The lowest BCUT2D eigenvalue weighted by Crippen LogP contribution is -2.57. The molecule has 2 atom stereocenters. The molecule has 0 radical (unpaired) electrons. The van der Waals surface area contributed by atoms with Crippen LogP contribution in [-0.2, 0) is 21.6 Å². The number of nitrogens with zero attached hydrogens (tertiary/aromatic N) is 6. The summed E-state index contributed by atoms with van der Waals surface area (Å²) in [6, 6.07) is 4.67. The highest BCUT2D eigenvalue weighted by Gasteiger charge is 2.36. The molecule has 30 heavy (non-hydrogen) atoms. The molecule has 2 fully saturated rings. The highest BCUT2D eigenvalue weighted by atomic mass is 32.2. The van der Waals surface area contributed by atoms with Gasteiger partial charge in [0.15, 0.2) is 0 Å². The van der Waals surface area contributed by atoms with Crippen LogP contribution in [-0.4, -0.2) is 88.1 Å². The topological polar surface area (TPSA) is 114 Å². The highest BCUT2D eigenvalue weighted by molar-refractivity contribution is 7.86. The average molecular weight is 439 g/mol. The van der Waals surface area contributed by atoms with Gasteiger partial charge >= 0.3 is 0 Å². The number of nitro benzene ring substituents is 1. The molecule has 1 aromatic carbocycles. The van der Waals surface area contributed by atoms with Crippen molar-refractivity contribution in [1.82, 2.24) is 23.3 Å². The lowest BCUT2D eigenvalue weighted by molar-refractivity contribution is -0.384. The fraction of sp³-hybridized carbons (Fsp3) is 0.611. The second-order valence-electron chi connectivity index (χ2n) is 7.88. The maximum absolute atomic E-state index is 13.0. The standard InChI is InChI=1S/C18H26N6O5S/c1-14-11-22(12-15(2)29-14)30(27,28)21-7-5-20(6-8-21)13-23-18-9-17(24(25)26)4-3-16(18)10-19-23/h3-4,9-10,14-15H,5-8,11-13H2,1-2H3. The summed E-state index contributed by atoms with van der Waals surface area (Å²) in [5.41, 5.74) is 0.713. The SMILES string of the molecule is CC1CN(S(=O)(=O)N2CCN(Cn3ncc4ccc([N+](=O)[O-])cc43)CC2)CC(C)O1. The zero-order valence-corrected chi connectivity index (χ0v) is 17.9. The van der Waals surface area contributed by atoms with Crippen molar-refractivity contribution in [3.8, 4) is 0 Å². The van der Waals surface area contributed by atoms with Crippen LogP contribution < -0.4 is 0 Å². The molecule has 2 saturated heterocycles. The Labute approximate surface area is 175 Å². The van der Waals surface area contributed by atoms with Crippen molar-refractivity contribution in [1.29, 1.82) is 0 Å². The summed E-state index contributed by atoms with van der Waals surface area (Å²) in [4.78, 5) is 12.7. The van der Waals surface area contributed by atoms with Crippen LogP contribution in [0.5, 0.6) is 0 Å². The molecule has 2 aliphatic rings. The molecular weight excluding hydrogens is 412 g/mol. The van der Waals surface area contributed by atoms with Crippen molar-refractivity contribution >= 4 is 26.8 Å². The van der Waals surface area contributed by atoms with E-state index in [0.29, 0.717) is 51.5 Å². The van der Waals surface area contributed by atoms with E-state index < -0.39 is 15.1 Å². The summed E-state index contributed by atoms with van der Waals surface area (Å²) in [7, 11) is -3.52. The van der Waals surface area contributed by atoms with Gasteiger partial charge < -0.3 is 4.74 Å². The number of rotatable bonds is 5. The first-order valence-electron chi connectivity index (χ1n) is 9.97. The monoisotopic (exact) mass is 438 g/mol. The maximum Gasteiger partial charge on any atom is 0.282 e. The van der Waals surface area contributed by atoms with Gasteiger partial charge in [0.05, 0.1) is 35.5 Å². The first-order chi connectivity index (χ1) is 14.2. The molecule has 0 N–H and O–H groups in total. The Morgan fingerprint density at radius 3 is 2.43 bits per heavy atom. The van der Waals surface area contributed by atoms with Crippen molar-refractivity contribution in [3.05, 3.63) is 34.5 Å². The number of piperazine rings is 1. The number of ether oxygens (including phenoxy) is 1. The number of hydrogen-bond donors (Lipinski definition) is 0. The molecule has 0 saturated carbocycles. The number of fused-ring (bicyclic) bond motifs is 1. The fourth-order valence-corrected chi connectivity index (χ4v) is 5.81. The quantitative estimate of drug-likeness (QED) is 0.503. The second kappa shape index (κ2) is 8.19. The third kappa shape index (κ3) is 4.18. The Bertz CT molecular complexity index is 1020. The minimum Gasteiger partial charge on any atom is -0.373 e. The first-order valence-corrected chi connectivity index (χ1v) is 11.4. The number of hydrogen-bond acceptors (Lipinski definition) is 7. The van der Waals surface area contributed by atoms with Gasteiger partial charge in [0.1, 0.15) is 0 Å². The van der Waals surface area contributed by atoms with Gasteiger partial charge in [-0.3, -0.25) is 19.7 Å². The van der Waals surface area contributed by atoms with Gasteiger partial charge in [-0.2, -0.15) is 22.1 Å². The summed E-state index contributed by atoms with van der Waals surface area (Å²) < 4.78 is 36.5. The van der Waals surface area contributed by atoms with E-state index in [2.05, 4.69) is 10.00 Å². The van der Waals surface area contributed by atoms with E-state index in [1.807, 2.05) is 13.8 Å². The van der Waals surface area contributed by atoms with E-state index in [-0.39, 0.29) is 17.9 Å². The number of non-ortho nitro benzene ring substituents is 1. The van der Waals surface area contributed by atoms with Gasteiger partial charge in [-0.15, -0.1) is 0 Å². The molecule has 0 aliphatic carbocycles. The molecule has 3 heterocycles. The Morgan fingerprint density at radius 1 is 1.13 bits per heavy atom. The molecule has 4 rings (SSSR count). The van der Waals surface area contributed by atoms with Crippen molar-refractivity contribution in [2.75, 3.05) is 39.3 Å². The van der Waals surface area contributed by atoms with E-state index in [1.165, 1.54) is 20.7 Å². The lowest BCUT2D eigenvalue weighted by atomic mass is 10.2. The van der Waals surface area contributed by atoms with Crippen molar-refractivity contribution in [2.24, 2.45) is 0 Å². The number of nitro groups is 1. The van der Waals surface area contributed by atoms with E-state index in [0.717, 1.165) is 5.39 Å².